The summed E-state index contributed by atoms with van der Waals surface area (Å²) in [5.41, 5.74) is 3.16. The number of pyridine rings is 2. The van der Waals surface area contributed by atoms with Crippen LogP contribution < -0.4 is 20.4 Å². The van der Waals surface area contributed by atoms with E-state index < -0.39 is 16.1 Å². The first-order chi connectivity index (χ1) is 25.5. The smallest absolute Gasteiger partial charge is 0.328 e. The normalized spacial score (nSPS) is 17.3. The topological polar surface area (TPSA) is 189 Å². The average Bonchev–Trinajstić information content (AvgIpc) is 3.77. The van der Waals surface area contributed by atoms with Crippen LogP contribution in [0.5, 0.6) is 0 Å². The first-order valence-electron chi connectivity index (χ1n) is 17.8. The number of nitrogens with zero attached hydrogens (tertiary/aromatic N) is 11. The van der Waals surface area contributed by atoms with E-state index in [4.69, 9.17) is 10.1 Å². The minimum Gasteiger partial charge on any atom is -0.354 e. The summed E-state index contributed by atoms with van der Waals surface area (Å²) in [5, 5.41) is 15.4. The second kappa shape index (κ2) is 13.8. The van der Waals surface area contributed by atoms with Crippen LogP contribution in [0.25, 0.3) is 22.3 Å². The summed E-state index contributed by atoms with van der Waals surface area (Å²) in [7, 11) is -1.38. The van der Waals surface area contributed by atoms with Gasteiger partial charge in [-0.3, -0.25) is 29.6 Å². The molecule has 5 aromatic heterocycles. The molecule has 18 heteroatoms. The number of aromatic nitrogens is 8. The minimum absolute atomic E-state index is 0.106. The Morgan fingerprint density at radius 1 is 1.00 bits per heavy atom. The fraction of sp³-hybridized carbons (Fsp3) is 0.429. The maximum Gasteiger partial charge on any atom is 0.328 e. The number of rotatable bonds is 11. The molecule has 8 rings (SSSR count). The lowest BCUT2D eigenvalue weighted by Gasteiger charge is -2.37. The number of carbonyl (C=O) groups is 2. The first-order valence-corrected chi connectivity index (χ1v) is 19.3. The van der Waals surface area contributed by atoms with Crippen molar-refractivity contribution >= 4 is 56.0 Å². The van der Waals surface area contributed by atoms with E-state index in [1.165, 1.54) is 12.4 Å². The van der Waals surface area contributed by atoms with E-state index >= 15 is 0 Å². The van der Waals surface area contributed by atoms with Crippen LogP contribution in [0.15, 0.2) is 55.4 Å². The molecule has 0 radical (unpaired) electrons. The number of carbonyl (C=O) groups excluding carboxylic acids is 2. The molecule has 2 saturated heterocycles. The molecule has 3 aliphatic rings. The molecule has 2 aliphatic heterocycles. The van der Waals surface area contributed by atoms with Gasteiger partial charge in [0.25, 0.3) is 10.0 Å². The number of amides is 3. The molecule has 0 atom stereocenters. The molecule has 2 N–H and O–H groups in total. The molecule has 276 valence electrons. The summed E-state index contributed by atoms with van der Waals surface area (Å²) in [6.45, 7) is 6.82. The zero-order valence-electron chi connectivity index (χ0n) is 29.8. The van der Waals surface area contributed by atoms with Crippen molar-refractivity contribution in [3.8, 4) is 11.4 Å². The molecular weight excluding hydrogens is 699 g/mol. The summed E-state index contributed by atoms with van der Waals surface area (Å²) < 4.78 is 28.3. The molecule has 1 aliphatic carbocycles. The van der Waals surface area contributed by atoms with E-state index in [1.54, 1.807) is 29.6 Å². The van der Waals surface area contributed by atoms with Crippen LogP contribution in [0.4, 0.5) is 27.9 Å². The Hall–Kier alpha value is -5.49. The third kappa shape index (κ3) is 6.91. The van der Waals surface area contributed by atoms with Gasteiger partial charge in [0, 0.05) is 69.3 Å². The Morgan fingerprint density at radius 3 is 2.57 bits per heavy atom. The highest BCUT2D eigenvalue weighted by Crippen LogP contribution is 2.34. The van der Waals surface area contributed by atoms with Gasteiger partial charge in [-0.15, -0.1) is 0 Å². The van der Waals surface area contributed by atoms with Crippen molar-refractivity contribution in [2.45, 2.75) is 69.8 Å². The highest BCUT2D eigenvalue weighted by Gasteiger charge is 2.38. The SMILES string of the molecule is CC(C)n1nc(N2CCC(N(C)Cc3ccncc3N3CCC(=O)NC3=O)CC2)c2cnc(Nc3ccnc(-c4cnn(S(=O)(=O)C5CC5)c4)n3)cc21. The Morgan fingerprint density at radius 2 is 1.81 bits per heavy atom. The Kier molecular flexibility index (Phi) is 9.01. The predicted octanol–water partition coefficient (Wildman–Crippen LogP) is 3.69. The van der Waals surface area contributed by atoms with E-state index in [0.29, 0.717) is 55.0 Å². The zero-order valence-corrected chi connectivity index (χ0v) is 30.6. The van der Waals surface area contributed by atoms with Gasteiger partial charge in [-0.05, 0) is 64.3 Å². The van der Waals surface area contributed by atoms with Crippen molar-refractivity contribution in [2.75, 3.05) is 41.8 Å². The first kappa shape index (κ1) is 34.6. The van der Waals surface area contributed by atoms with Crippen LogP contribution in [0, 0.1) is 0 Å². The third-order valence-electron chi connectivity index (χ3n) is 10.0. The molecule has 53 heavy (non-hydrogen) atoms. The van der Waals surface area contributed by atoms with Crippen molar-refractivity contribution in [3.63, 3.8) is 0 Å². The van der Waals surface area contributed by atoms with Gasteiger partial charge in [0.1, 0.15) is 11.6 Å². The quantitative estimate of drug-likeness (QED) is 0.200. The van der Waals surface area contributed by atoms with Crippen molar-refractivity contribution in [2.24, 2.45) is 0 Å². The van der Waals surface area contributed by atoms with Gasteiger partial charge in [0.15, 0.2) is 11.6 Å². The second-order valence-corrected chi connectivity index (χ2v) is 16.1. The Balaban J connectivity index is 0.951. The highest BCUT2D eigenvalue weighted by molar-refractivity contribution is 7.90. The number of anilines is 4. The average molecular weight is 740 g/mol. The second-order valence-electron chi connectivity index (χ2n) is 14.1. The standard InChI is InChI=1S/C35H41N13O4S/c1-22(2)48-28-16-31(40-30-7-12-37-33(41-30)24-17-39-47(21-24)53(51,52)26-4-5-26)38-18-27(28)34(43-48)45-13-8-25(9-14-45)44(3)20-23-6-11-36-19-29(23)46-15-10-32(49)42-35(46)50/h6-7,11-12,16-19,21-22,25-26H,4-5,8-10,13-15,20H2,1-3H3,(H,42,49,50)(H,37,38,40,41). The fourth-order valence-corrected chi connectivity index (χ4v) is 8.47. The van der Waals surface area contributed by atoms with Crippen LogP contribution >= 0.6 is 0 Å². The number of imide groups is 1. The van der Waals surface area contributed by atoms with Crippen molar-refractivity contribution in [1.82, 2.24) is 49.1 Å². The molecule has 0 unspecified atom stereocenters. The number of urea groups is 1. The van der Waals surface area contributed by atoms with Crippen LogP contribution in [-0.4, -0.2) is 102 Å². The van der Waals surface area contributed by atoms with Crippen LogP contribution in [-0.2, 0) is 21.4 Å². The van der Waals surface area contributed by atoms with E-state index in [-0.39, 0.29) is 23.6 Å². The minimum atomic E-state index is -3.49. The molecule has 0 spiro atoms. The zero-order chi connectivity index (χ0) is 36.9. The summed E-state index contributed by atoms with van der Waals surface area (Å²) in [5.74, 6) is 2.09. The Bertz CT molecular complexity index is 2290. The van der Waals surface area contributed by atoms with E-state index in [9.17, 15) is 18.0 Å². The molecule has 1 saturated carbocycles. The van der Waals surface area contributed by atoms with E-state index in [1.807, 2.05) is 23.0 Å². The predicted molar refractivity (Wildman–Crippen MR) is 198 cm³/mol. The fourth-order valence-electron chi connectivity index (χ4n) is 6.99. The number of nitrogens with one attached hydrogen (secondary N) is 2. The van der Waals surface area contributed by atoms with Crippen molar-refractivity contribution in [1.29, 1.82) is 0 Å². The van der Waals surface area contributed by atoms with Crippen LogP contribution in [0.3, 0.4) is 0 Å². The van der Waals surface area contributed by atoms with E-state index in [0.717, 1.165) is 58.0 Å². The number of hydrogen-bond donors (Lipinski definition) is 2. The van der Waals surface area contributed by atoms with Gasteiger partial charge in [0.05, 0.1) is 46.0 Å². The van der Waals surface area contributed by atoms with Crippen molar-refractivity contribution < 1.29 is 18.0 Å². The largest absolute Gasteiger partial charge is 0.354 e. The summed E-state index contributed by atoms with van der Waals surface area (Å²) in [6.07, 6.45) is 13.2. The highest BCUT2D eigenvalue weighted by atomic mass is 32.2. The lowest BCUT2D eigenvalue weighted by atomic mass is 10.0. The molecule has 3 fully saturated rings. The van der Waals surface area contributed by atoms with Gasteiger partial charge >= 0.3 is 6.03 Å². The van der Waals surface area contributed by atoms with Crippen LogP contribution in [0.2, 0.25) is 0 Å². The maximum atomic E-state index is 12.6. The summed E-state index contributed by atoms with van der Waals surface area (Å²) >= 11 is 0. The van der Waals surface area contributed by atoms with Crippen LogP contribution in [0.1, 0.15) is 57.6 Å². The number of hydrogen-bond acceptors (Lipinski definition) is 13. The molecule has 3 amide bonds. The molecular formula is C35H41N13O4S. The van der Waals surface area contributed by atoms with Gasteiger partial charge in [0.2, 0.25) is 5.91 Å². The summed E-state index contributed by atoms with van der Waals surface area (Å²) in [6, 6.07) is 5.66. The van der Waals surface area contributed by atoms with E-state index in [2.05, 4.69) is 61.4 Å². The molecule has 7 heterocycles. The Labute approximate surface area is 306 Å². The number of fused-ring (bicyclic) bond motifs is 1. The monoisotopic (exact) mass is 739 g/mol. The number of piperidine rings is 1. The van der Waals surface area contributed by atoms with Gasteiger partial charge in [-0.1, -0.05) is 0 Å². The summed E-state index contributed by atoms with van der Waals surface area (Å²) in [4.78, 5) is 48.5. The third-order valence-corrected chi connectivity index (χ3v) is 12.1. The molecule has 0 bridgehead atoms. The maximum absolute atomic E-state index is 12.6. The molecule has 17 nitrogen and oxygen atoms in total. The molecule has 0 aromatic carbocycles. The molecule has 5 aromatic rings. The van der Waals surface area contributed by atoms with Gasteiger partial charge < -0.3 is 10.2 Å². The lowest BCUT2D eigenvalue weighted by Crippen LogP contribution is -2.50. The van der Waals surface area contributed by atoms with Gasteiger partial charge in [-0.25, -0.2) is 28.2 Å². The van der Waals surface area contributed by atoms with Crippen molar-refractivity contribution in [3.05, 3.63) is 60.9 Å². The lowest BCUT2D eigenvalue weighted by molar-refractivity contribution is -0.120. The van der Waals surface area contributed by atoms with Gasteiger partial charge in [-0.2, -0.15) is 14.3 Å².